The lowest BCUT2D eigenvalue weighted by Gasteiger charge is -2.06. The molecule has 0 aliphatic rings. The molecule has 0 aliphatic carbocycles. The van der Waals surface area contributed by atoms with Crippen molar-refractivity contribution in [2.45, 2.75) is 6.61 Å². The number of rotatable bonds is 3. The first-order chi connectivity index (χ1) is 8.29. The average molecular weight is 226 g/mol. The highest BCUT2D eigenvalue weighted by Gasteiger charge is 2.03. The van der Waals surface area contributed by atoms with Gasteiger partial charge >= 0.3 is 0 Å². The van der Waals surface area contributed by atoms with E-state index in [0.717, 1.165) is 5.56 Å². The van der Waals surface area contributed by atoms with Crippen LogP contribution in [0.25, 0.3) is 0 Å². The number of nitrogens with zero attached hydrogens (tertiary/aromatic N) is 2. The Kier molecular flexibility index (Phi) is 3.22. The normalized spacial score (nSPS) is 9.59. The van der Waals surface area contributed by atoms with E-state index in [1.54, 1.807) is 42.6 Å². The number of hydrogen-bond donors (Lipinski definition) is 1. The molecule has 0 bridgehead atoms. The van der Waals surface area contributed by atoms with E-state index in [0.29, 0.717) is 11.4 Å². The van der Waals surface area contributed by atoms with Crippen molar-refractivity contribution in [2.24, 2.45) is 0 Å². The molecule has 0 unspecified atom stereocenters. The van der Waals surface area contributed by atoms with Crippen molar-refractivity contribution in [1.29, 1.82) is 5.26 Å². The number of phenols is 1. The summed E-state index contributed by atoms with van der Waals surface area (Å²) in [5.41, 5.74) is 1.11. The molecule has 4 nitrogen and oxygen atoms in total. The van der Waals surface area contributed by atoms with Gasteiger partial charge in [0.1, 0.15) is 29.9 Å². The fourth-order valence-electron chi connectivity index (χ4n) is 1.36. The van der Waals surface area contributed by atoms with Gasteiger partial charge in [-0.15, -0.1) is 0 Å². The van der Waals surface area contributed by atoms with Crippen LogP contribution >= 0.6 is 0 Å². The van der Waals surface area contributed by atoms with Crippen LogP contribution in [0, 0.1) is 11.3 Å². The average Bonchev–Trinajstić information content (AvgIpc) is 2.38. The molecule has 2 rings (SSSR count). The molecule has 4 heteroatoms. The molecule has 0 saturated carbocycles. The molecule has 17 heavy (non-hydrogen) atoms. The first-order valence-electron chi connectivity index (χ1n) is 5.05. The van der Waals surface area contributed by atoms with E-state index >= 15 is 0 Å². The van der Waals surface area contributed by atoms with Crippen LogP contribution in [0.15, 0.2) is 42.6 Å². The van der Waals surface area contributed by atoms with Gasteiger partial charge in [-0.05, 0) is 30.3 Å². The van der Waals surface area contributed by atoms with Crippen LogP contribution in [0.5, 0.6) is 11.5 Å². The minimum Gasteiger partial charge on any atom is -0.508 e. The van der Waals surface area contributed by atoms with Crippen molar-refractivity contribution in [2.75, 3.05) is 0 Å². The van der Waals surface area contributed by atoms with Gasteiger partial charge in [0.25, 0.3) is 0 Å². The van der Waals surface area contributed by atoms with E-state index in [1.165, 1.54) is 0 Å². The van der Waals surface area contributed by atoms with Crippen LogP contribution in [0.4, 0.5) is 0 Å². The third kappa shape index (κ3) is 2.73. The molecule has 0 fully saturated rings. The lowest BCUT2D eigenvalue weighted by molar-refractivity contribution is 0.305. The van der Waals surface area contributed by atoms with Gasteiger partial charge in [-0.2, -0.15) is 5.26 Å². The largest absolute Gasteiger partial charge is 0.508 e. The van der Waals surface area contributed by atoms with E-state index < -0.39 is 0 Å². The molecule has 0 atom stereocenters. The fraction of sp³-hybridized carbons (Fsp3) is 0.0769. The second kappa shape index (κ2) is 4.99. The van der Waals surface area contributed by atoms with Gasteiger partial charge in [0, 0.05) is 11.8 Å². The third-order valence-corrected chi connectivity index (χ3v) is 2.23. The maximum atomic E-state index is 9.12. The molecule has 0 saturated heterocycles. The topological polar surface area (TPSA) is 66.1 Å². The summed E-state index contributed by atoms with van der Waals surface area (Å²) in [4.78, 5) is 3.94. The van der Waals surface area contributed by atoms with Crippen LogP contribution in [0.3, 0.4) is 0 Å². The summed E-state index contributed by atoms with van der Waals surface area (Å²) in [6, 6.07) is 12.0. The Bertz CT molecular complexity index is 544. The van der Waals surface area contributed by atoms with Crippen LogP contribution < -0.4 is 4.74 Å². The molecule has 1 aromatic carbocycles. The smallest absolute Gasteiger partial charge is 0.147 e. The summed E-state index contributed by atoms with van der Waals surface area (Å²) in [5, 5.41) is 18.0. The first kappa shape index (κ1) is 11.0. The Hall–Kier alpha value is -2.54. The van der Waals surface area contributed by atoms with Crippen LogP contribution in [-0.4, -0.2) is 10.1 Å². The minimum absolute atomic E-state index is 0.191. The molecule has 1 aromatic heterocycles. The van der Waals surface area contributed by atoms with Gasteiger partial charge in [0.2, 0.25) is 0 Å². The van der Waals surface area contributed by atoms with E-state index in [1.807, 2.05) is 6.07 Å². The SMILES string of the molecule is N#Cc1ncccc1COc1ccc(O)cc1. The monoisotopic (exact) mass is 226 g/mol. The highest BCUT2D eigenvalue weighted by Crippen LogP contribution is 2.17. The third-order valence-electron chi connectivity index (χ3n) is 2.23. The number of nitriles is 1. The maximum Gasteiger partial charge on any atom is 0.147 e. The predicted molar refractivity (Wildman–Crippen MR) is 61.4 cm³/mol. The second-order valence-electron chi connectivity index (χ2n) is 3.41. The number of aromatic hydroxyl groups is 1. The zero-order valence-corrected chi connectivity index (χ0v) is 9.00. The lowest BCUT2D eigenvalue weighted by atomic mass is 10.2. The Balaban J connectivity index is 2.08. The standard InChI is InChI=1S/C13H10N2O2/c14-8-13-10(2-1-7-15-13)9-17-12-5-3-11(16)4-6-12/h1-7,16H,9H2. The molecular weight excluding hydrogens is 216 g/mol. The Labute approximate surface area is 98.7 Å². The van der Waals surface area contributed by atoms with Gasteiger partial charge in [-0.25, -0.2) is 4.98 Å². The van der Waals surface area contributed by atoms with Crippen molar-refractivity contribution in [3.8, 4) is 17.6 Å². The molecule has 2 aromatic rings. The van der Waals surface area contributed by atoms with Gasteiger partial charge in [-0.3, -0.25) is 0 Å². The number of pyridine rings is 1. The molecule has 1 heterocycles. The lowest BCUT2D eigenvalue weighted by Crippen LogP contribution is -1.99. The summed E-state index contributed by atoms with van der Waals surface area (Å²) < 4.78 is 5.49. The van der Waals surface area contributed by atoms with Crippen molar-refractivity contribution in [3.05, 3.63) is 53.9 Å². The van der Waals surface area contributed by atoms with Crippen molar-refractivity contribution < 1.29 is 9.84 Å². The van der Waals surface area contributed by atoms with E-state index in [9.17, 15) is 0 Å². The number of aromatic nitrogens is 1. The van der Waals surface area contributed by atoms with E-state index in [4.69, 9.17) is 15.1 Å². The van der Waals surface area contributed by atoms with Crippen LogP contribution in [0.2, 0.25) is 0 Å². The number of ether oxygens (including phenoxy) is 1. The van der Waals surface area contributed by atoms with Crippen molar-refractivity contribution >= 4 is 0 Å². The van der Waals surface area contributed by atoms with E-state index in [-0.39, 0.29) is 12.4 Å². The van der Waals surface area contributed by atoms with Gasteiger partial charge in [-0.1, -0.05) is 6.07 Å². The Morgan fingerprint density at radius 3 is 2.71 bits per heavy atom. The van der Waals surface area contributed by atoms with Crippen LogP contribution in [-0.2, 0) is 6.61 Å². The molecule has 0 radical (unpaired) electrons. The quantitative estimate of drug-likeness (QED) is 0.871. The summed E-state index contributed by atoms with van der Waals surface area (Å²) in [5.74, 6) is 0.826. The zero-order chi connectivity index (χ0) is 12.1. The fourth-order valence-corrected chi connectivity index (χ4v) is 1.36. The van der Waals surface area contributed by atoms with Crippen molar-refractivity contribution in [3.63, 3.8) is 0 Å². The zero-order valence-electron chi connectivity index (χ0n) is 9.00. The number of hydrogen-bond acceptors (Lipinski definition) is 4. The van der Waals surface area contributed by atoms with Gasteiger partial charge in [0.05, 0.1) is 0 Å². The molecular formula is C13H10N2O2. The highest BCUT2D eigenvalue weighted by atomic mass is 16.5. The second-order valence-corrected chi connectivity index (χ2v) is 3.41. The Morgan fingerprint density at radius 2 is 2.00 bits per heavy atom. The van der Waals surface area contributed by atoms with Crippen molar-refractivity contribution in [1.82, 2.24) is 4.98 Å². The predicted octanol–water partition coefficient (Wildman–Crippen LogP) is 2.24. The Morgan fingerprint density at radius 1 is 1.24 bits per heavy atom. The molecule has 0 amide bonds. The maximum absolute atomic E-state index is 9.12. The highest BCUT2D eigenvalue weighted by molar-refractivity contribution is 5.32. The number of benzene rings is 1. The first-order valence-corrected chi connectivity index (χ1v) is 5.05. The summed E-state index contributed by atoms with van der Waals surface area (Å²) in [6.45, 7) is 0.279. The molecule has 0 spiro atoms. The minimum atomic E-state index is 0.191. The van der Waals surface area contributed by atoms with Crippen LogP contribution in [0.1, 0.15) is 11.3 Å². The summed E-state index contributed by atoms with van der Waals surface area (Å²) in [7, 11) is 0. The summed E-state index contributed by atoms with van der Waals surface area (Å²) in [6.07, 6.45) is 1.57. The molecule has 0 aliphatic heterocycles. The number of phenolic OH excluding ortho intramolecular Hbond substituents is 1. The van der Waals surface area contributed by atoms with Gasteiger partial charge < -0.3 is 9.84 Å². The van der Waals surface area contributed by atoms with E-state index in [2.05, 4.69) is 4.98 Å². The molecule has 1 N–H and O–H groups in total. The van der Waals surface area contributed by atoms with Gasteiger partial charge in [0.15, 0.2) is 0 Å². The molecule has 84 valence electrons. The summed E-state index contributed by atoms with van der Waals surface area (Å²) >= 11 is 0.